The summed E-state index contributed by atoms with van der Waals surface area (Å²) in [6.45, 7) is 2.74. The predicted octanol–water partition coefficient (Wildman–Crippen LogP) is 4.13. The Hall–Kier alpha value is -1.65. The largest absolute Gasteiger partial charge is 0.325 e. The summed E-state index contributed by atoms with van der Waals surface area (Å²) >= 11 is 3.42. The molecule has 2 aromatic carbocycles. The summed E-state index contributed by atoms with van der Waals surface area (Å²) in [5, 5.41) is 6.26. The van der Waals surface area contributed by atoms with E-state index >= 15 is 0 Å². The minimum atomic E-state index is 0.00895. The van der Waals surface area contributed by atoms with Crippen molar-refractivity contribution in [2.75, 3.05) is 11.9 Å². The average molecular weight is 347 g/mol. The highest BCUT2D eigenvalue weighted by Gasteiger charge is 2.07. The molecule has 0 fully saturated rings. The number of anilines is 1. The Morgan fingerprint density at radius 1 is 1.10 bits per heavy atom. The highest BCUT2D eigenvalue weighted by molar-refractivity contribution is 9.10. The van der Waals surface area contributed by atoms with Gasteiger partial charge in [-0.25, -0.2) is 0 Å². The molecule has 3 nitrogen and oxygen atoms in total. The van der Waals surface area contributed by atoms with Crippen molar-refractivity contribution >= 4 is 27.5 Å². The van der Waals surface area contributed by atoms with Gasteiger partial charge >= 0.3 is 0 Å². The zero-order chi connectivity index (χ0) is 15.1. The Morgan fingerprint density at radius 3 is 2.48 bits per heavy atom. The predicted molar refractivity (Wildman–Crippen MR) is 90.2 cm³/mol. The van der Waals surface area contributed by atoms with Crippen LogP contribution in [0.5, 0.6) is 0 Å². The highest BCUT2D eigenvalue weighted by Crippen LogP contribution is 2.21. The Balaban J connectivity index is 1.76. The number of carbonyl (C=O) groups excluding carboxylic acids is 1. The van der Waals surface area contributed by atoms with Crippen LogP contribution in [0.4, 0.5) is 5.69 Å². The standard InChI is InChI=1S/C17H19BrN2O/c1-13(14-7-3-2-4-8-14)19-12-11-17(21)20-16-10-6-5-9-15(16)18/h2-10,13,19H,11-12H2,1H3,(H,20,21). The number of carbonyl (C=O) groups is 1. The number of rotatable bonds is 6. The monoisotopic (exact) mass is 346 g/mol. The van der Waals surface area contributed by atoms with Crippen molar-refractivity contribution in [3.8, 4) is 0 Å². The lowest BCUT2D eigenvalue weighted by molar-refractivity contribution is -0.116. The van der Waals surface area contributed by atoms with Crippen LogP contribution in [0.15, 0.2) is 59.1 Å². The summed E-state index contributed by atoms with van der Waals surface area (Å²) in [5.41, 5.74) is 2.03. The van der Waals surface area contributed by atoms with E-state index in [1.54, 1.807) is 0 Å². The van der Waals surface area contributed by atoms with Crippen LogP contribution in [0.1, 0.15) is 24.9 Å². The zero-order valence-corrected chi connectivity index (χ0v) is 13.6. The molecule has 0 saturated carbocycles. The summed E-state index contributed by atoms with van der Waals surface area (Å²) < 4.78 is 0.893. The Labute approximate surface area is 133 Å². The molecule has 0 saturated heterocycles. The molecule has 2 rings (SSSR count). The average Bonchev–Trinajstić information content (AvgIpc) is 2.50. The van der Waals surface area contributed by atoms with Crippen LogP contribution in [-0.2, 0) is 4.79 Å². The van der Waals surface area contributed by atoms with Crippen LogP contribution in [0.2, 0.25) is 0 Å². The molecular weight excluding hydrogens is 328 g/mol. The van der Waals surface area contributed by atoms with E-state index < -0.39 is 0 Å². The Morgan fingerprint density at radius 2 is 1.76 bits per heavy atom. The highest BCUT2D eigenvalue weighted by atomic mass is 79.9. The first-order valence-electron chi connectivity index (χ1n) is 6.99. The van der Waals surface area contributed by atoms with Gasteiger partial charge in [-0.2, -0.15) is 0 Å². The number of para-hydroxylation sites is 1. The third kappa shape index (κ3) is 4.99. The van der Waals surface area contributed by atoms with Crippen LogP contribution < -0.4 is 10.6 Å². The lowest BCUT2D eigenvalue weighted by Gasteiger charge is -2.14. The Kier molecular flexibility index (Phi) is 5.96. The molecule has 0 spiro atoms. The van der Waals surface area contributed by atoms with E-state index in [1.165, 1.54) is 5.56 Å². The van der Waals surface area contributed by atoms with Gasteiger partial charge in [0.25, 0.3) is 0 Å². The molecular formula is C17H19BrN2O. The summed E-state index contributed by atoms with van der Waals surface area (Å²) in [4.78, 5) is 11.9. The van der Waals surface area contributed by atoms with E-state index in [0.29, 0.717) is 13.0 Å². The molecule has 0 aliphatic carbocycles. The van der Waals surface area contributed by atoms with Gasteiger partial charge in [-0.05, 0) is 40.5 Å². The lowest BCUT2D eigenvalue weighted by atomic mass is 10.1. The van der Waals surface area contributed by atoms with Crippen molar-refractivity contribution in [3.05, 3.63) is 64.6 Å². The van der Waals surface area contributed by atoms with E-state index in [0.717, 1.165) is 10.2 Å². The van der Waals surface area contributed by atoms with Crippen molar-refractivity contribution in [1.82, 2.24) is 5.32 Å². The van der Waals surface area contributed by atoms with E-state index in [2.05, 4.69) is 45.6 Å². The second-order valence-electron chi connectivity index (χ2n) is 4.86. The van der Waals surface area contributed by atoms with Gasteiger partial charge in [-0.1, -0.05) is 42.5 Å². The van der Waals surface area contributed by atoms with E-state index in [4.69, 9.17) is 0 Å². The first-order valence-corrected chi connectivity index (χ1v) is 7.79. The fourth-order valence-electron chi connectivity index (χ4n) is 2.04. The van der Waals surface area contributed by atoms with E-state index in [1.807, 2.05) is 42.5 Å². The smallest absolute Gasteiger partial charge is 0.225 e. The first-order chi connectivity index (χ1) is 10.2. The molecule has 0 heterocycles. The maximum atomic E-state index is 11.9. The zero-order valence-electron chi connectivity index (χ0n) is 12.0. The number of amides is 1. The number of nitrogens with one attached hydrogen (secondary N) is 2. The lowest BCUT2D eigenvalue weighted by Crippen LogP contribution is -2.24. The first kappa shape index (κ1) is 15.7. The third-order valence-electron chi connectivity index (χ3n) is 3.25. The van der Waals surface area contributed by atoms with Gasteiger partial charge in [0.1, 0.15) is 0 Å². The number of halogens is 1. The van der Waals surface area contributed by atoms with Crippen molar-refractivity contribution < 1.29 is 4.79 Å². The summed E-state index contributed by atoms with van der Waals surface area (Å²) in [5.74, 6) is 0.00895. The number of hydrogen-bond acceptors (Lipinski definition) is 2. The minimum absolute atomic E-state index is 0.00895. The number of hydrogen-bond donors (Lipinski definition) is 2. The van der Waals surface area contributed by atoms with Crippen LogP contribution in [0.3, 0.4) is 0 Å². The van der Waals surface area contributed by atoms with Crippen molar-refractivity contribution in [2.45, 2.75) is 19.4 Å². The van der Waals surface area contributed by atoms with Crippen molar-refractivity contribution in [1.29, 1.82) is 0 Å². The van der Waals surface area contributed by atoms with Gasteiger partial charge in [0.15, 0.2) is 0 Å². The quantitative estimate of drug-likeness (QED) is 0.825. The van der Waals surface area contributed by atoms with Crippen LogP contribution >= 0.6 is 15.9 Å². The van der Waals surface area contributed by atoms with Crippen LogP contribution in [0, 0.1) is 0 Å². The molecule has 2 aromatic rings. The van der Waals surface area contributed by atoms with Crippen molar-refractivity contribution in [2.24, 2.45) is 0 Å². The summed E-state index contributed by atoms with van der Waals surface area (Å²) in [6, 6.07) is 18.0. The normalized spacial score (nSPS) is 11.9. The molecule has 1 unspecified atom stereocenters. The van der Waals surface area contributed by atoms with Crippen LogP contribution in [0.25, 0.3) is 0 Å². The van der Waals surface area contributed by atoms with Gasteiger partial charge < -0.3 is 10.6 Å². The van der Waals surface area contributed by atoms with E-state index in [9.17, 15) is 4.79 Å². The Bertz CT molecular complexity index is 586. The molecule has 0 bridgehead atoms. The fourth-order valence-corrected chi connectivity index (χ4v) is 2.42. The molecule has 110 valence electrons. The minimum Gasteiger partial charge on any atom is -0.325 e. The molecule has 0 aliphatic heterocycles. The molecule has 1 atom stereocenters. The second-order valence-corrected chi connectivity index (χ2v) is 5.72. The molecule has 4 heteroatoms. The molecule has 1 amide bonds. The van der Waals surface area contributed by atoms with Gasteiger partial charge in [0.2, 0.25) is 5.91 Å². The third-order valence-corrected chi connectivity index (χ3v) is 3.94. The SMILES string of the molecule is CC(NCCC(=O)Nc1ccccc1Br)c1ccccc1. The van der Waals surface area contributed by atoms with Crippen LogP contribution in [-0.4, -0.2) is 12.5 Å². The summed E-state index contributed by atoms with van der Waals surface area (Å²) in [7, 11) is 0. The molecule has 21 heavy (non-hydrogen) atoms. The van der Waals surface area contributed by atoms with Gasteiger partial charge in [0.05, 0.1) is 5.69 Å². The van der Waals surface area contributed by atoms with Gasteiger partial charge in [0, 0.05) is 23.5 Å². The van der Waals surface area contributed by atoms with Crippen molar-refractivity contribution in [3.63, 3.8) is 0 Å². The molecule has 0 aliphatic rings. The fraction of sp³-hybridized carbons (Fsp3) is 0.235. The van der Waals surface area contributed by atoms with E-state index in [-0.39, 0.29) is 11.9 Å². The summed E-state index contributed by atoms with van der Waals surface area (Å²) in [6.07, 6.45) is 0.443. The second kappa shape index (κ2) is 7.96. The number of benzene rings is 2. The molecule has 0 aromatic heterocycles. The van der Waals surface area contributed by atoms with Gasteiger partial charge in [-0.3, -0.25) is 4.79 Å². The molecule has 0 radical (unpaired) electrons. The maximum Gasteiger partial charge on any atom is 0.225 e. The topological polar surface area (TPSA) is 41.1 Å². The molecule has 2 N–H and O–H groups in total. The maximum absolute atomic E-state index is 11.9. The van der Waals surface area contributed by atoms with Gasteiger partial charge in [-0.15, -0.1) is 0 Å².